The first-order chi connectivity index (χ1) is 48.0. The molecule has 11 aromatic carbocycles. The second kappa shape index (κ2) is 31.3. The summed E-state index contributed by atoms with van der Waals surface area (Å²) in [6.45, 7) is 0. The van der Waals surface area contributed by atoms with Crippen molar-refractivity contribution in [1.82, 2.24) is 15.0 Å². The van der Waals surface area contributed by atoms with Crippen LogP contribution in [0.25, 0.3) is 57.0 Å². The molecule has 0 unspecified atom stereocenters. The summed E-state index contributed by atoms with van der Waals surface area (Å²) in [5, 5.41) is 9.63. The van der Waals surface area contributed by atoms with Gasteiger partial charge in [-0.05, 0) is 59.7 Å². The van der Waals surface area contributed by atoms with E-state index in [1.54, 1.807) is 40.7 Å². The van der Waals surface area contributed by atoms with Gasteiger partial charge in [-0.3, -0.25) is 19.7 Å². The minimum Gasteiger partial charge on any atom is -0.298 e. The molecule has 0 spiro atoms. The molecule has 14 rings (SSSR count). The Morgan fingerprint density at radius 3 is 0.818 bits per heavy atom. The predicted molar refractivity (Wildman–Crippen MR) is 424 cm³/mol. The van der Waals surface area contributed by atoms with Gasteiger partial charge in [0.1, 0.15) is 11.5 Å². The third-order valence-electron chi connectivity index (χ3n) is 18.0. The van der Waals surface area contributed by atoms with Gasteiger partial charge >= 0.3 is 319 Å². The third-order valence-corrected chi connectivity index (χ3v) is 32.4. The van der Waals surface area contributed by atoms with Crippen molar-refractivity contribution in [2.24, 2.45) is 0 Å². The Balaban J connectivity index is 0.000000179. The van der Waals surface area contributed by atoms with Crippen LogP contribution in [0.5, 0.6) is 23.0 Å². The number of para-hydroxylation sites is 3. The Morgan fingerprint density at radius 2 is 0.545 bits per heavy atom. The molecule has 0 atom stereocenters. The molecule has 12 heteroatoms. The number of carbonyl (C=O) groups excluding carboxylic acids is 1. The number of nitrogens with zero attached hydrogens (tertiary/aromatic N) is 3. The van der Waals surface area contributed by atoms with Crippen LogP contribution >= 0.6 is 34.4 Å². The number of hydrogen-bond acceptors (Lipinski definition) is 8. The van der Waals surface area contributed by atoms with Gasteiger partial charge in [0.25, 0.3) is 0 Å². The van der Waals surface area contributed by atoms with Gasteiger partial charge in [-0.25, -0.2) is 0 Å². The zero-order chi connectivity index (χ0) is 67.8. The van der Waals surface area contributed by atoms with Crippen LogP contribution in [0, 0.1) is 0 Å². The first-order valence-electron chi connectivity index (χ1n) is 32.1. The molecule has 0 amide bonds. The van der Waals surface area contributed by atoms with E-state index in [4.69, 9.17) is 41.4 Å². The first kappa shape index (κ1) is 69.8. The van der Waals surface area contributed by atoms with Crippen LogP contribution in [0.15, 0.2) is 316 Å². The van der Waals surface area contributed by atoms with E-state index in [0.29, 0.717) is 17.9 Å². The standard InChI is InChI=1S/C46H42Cl2O2P2.C30H24N2O2.C10H7NO.CH4/c1-49-45-33-38(36-52(48,42-27-15-6-16-28-42,43-29-17-7-18-30-43)44-31-19-8-20-32-44)46(50-2)34-37(45)35-51(47,39-21-9-3-10-22-39,40-23-11-4-12-24-40)41-25-13-5-14-26-41;1-33-29-19-24(14-12-22-16-18-32-28-10-6-4-8-26(22)28)30(34-2)20-23(29)13-11-21-15-17-31-27-9-5-3-7-25(21)27;12-7-8-5-6-11-10-4-2-1-3-9(8)10;/h3-34H,35-36H2,1-2H3;3-20H,1-2H3;1-7H;1H4/b;13-11+,14-12+;;. The van der Waals surface area contributed by atoms with Crippen LogP contribution in [-0.4, -0.2) is 49.7 Å². The number of aldehydes is 1. The maximum absolute atomic E-state index is 10.6. The molecular formula is C87H77Cl2N3O5P2. The van der Waals surface area contributed by atoms with Crippen molar-refractivity contribution in [3.8, 4) is 23.0 Å². The fourth-order valence-electron chi connectivity index (χ4n) is 13.1. The molecule has 3 aromatic heterocycles. The fraction of sp³-hybridized carbons (Fsp3) is 0.0805. The van der Waals surface area contributed by atoms with Crippen LogP contribution in [0.4, 0.5) is 0 Å². The maximum Gasteiger partial charge on any atom is 0.150 e. The Morgan fingerprint density at radius 1 is 0.303 bits per heavy atom. The number of carbonyl (C=O) groups is 1. The molecule has 0 saturated heterocycles. The summed E-state index contributed by atoms with van der Waals surface area (Å²) in [4.78, 5) is 23.6. The number of ether oxygens (including phenoxy) is 4. The molecule has 494 valence electrons. The predicted octanol–water partition coefficient (Wildman–Crippen LogP) is 19.9. The van der Waals surface area contributed by atoms with E-state index >= 15 is 0 Å². The third kappa shape index (κ3) is 14.1. The van der Waals surface area contributed by atoms with Crippen molar-refractivity contribution in [3.05, 3.63) is 355 Å². The number of fused-ring (bicyclic) bond motifs is 3. The van der Waals surface area contributed by atoms with Crippen molar-refractivity contribution in [3.63, 3.8) is 0 Å². The van der Waals surface area contributed by atoms with Crippen molar-refractivity contribution < 1.29 is 23.7 Å². The summed E-state index contributed by atoms with van der Waals surface area (Å²) in [5.74, 6) is -4.37. The summed E-state index contributed by atoms with van der Waals surface area (Å²) < 4.78 is 24.1. The van der Waals surface area contributed by atoms with Crippen molar-refractivity contribution in [1.29, 1.82) is 0 Å². The molecule has 0 aliphatic heterocycles. The average Bonchev–Trinajstić information content (AvgIpc) is 0.706. The van der Waals surface area contributed by atoms with E-state index in [9.17, 15) is 4.79 Å². The molecule has 99 heavy (non-hydrogen) atoms. The zero-order valence-corrected chi connectivity index (χ0v) is 58.2. The Hall–Kier alpha value is -10.6. The summed E-state index contributed by atoms with van der Waals surface area (Å²) in [6.07, 6.45) is 15.4. The minimum atomic E-state index is -3.70. The molecule has 0 bridgehead atoms. The second-order valence-corrected chi connectivity index (χ2v) is 36.5. The Kier molecular flexibility index (Phi) is 22.1. The number of pyridine rings is 3. The second-order valence-electron chi connectivity index (χ2n) is 23.5. The van der Waals surface area contributed by atoms with Crippen molar-refractivity contribution in [2.45, 2.75) is 19.8 Å². The molecule has 0 aliphatic rings. The van der Waals surface area contributed by atoms with Crippen LogP contribution in [-0.2, 0) is 12.3 Å². The monoisotopic (exact) mass is 1380 g/mol. The largest absolute Gasteiger partial charge is 0.298 e. The molecule has 0 fully saturated rings. The molecular weight excluding hydrogens is 1300 g/mol. The van der Waals surface area contributed by atoms with Gasteiger partial charge in [0, 0.05) is 51.4 Å². The van der Waals surface area contributed by atoms with E-state index in [1.807, 2.05) is 146 Å². The molecule has 3 heterocycles. The number of benzene rings is 11. The number of rotatable bonds is 19. The zero-order valence-electron chi connectivity index (χ0n) is 54.9. The summed E-state index contributed by atoms with van der Waals surface area (Å²) >= 11 is 17.1. The number of hydrogen-bond donors (Lipinski definition) is 0. The van der Waals surface area contributed by atoms with E-state index in [-0.39, 0.29) is 7.43 Å². The van der Waals surface area contributed by atoms with Crippen LogP contribution in [0.3, 0.4) is 0 Å². The van der Waals surface area contributed by atoms with E-state index in [1.165, 1.54) is 0 Å². The van der Waals surface area contributed by atoms with Gasteiger partial charge in [0.15, 0.2) is 6.29 Å². The Bertz CT molecular complexity index is 4630. The topological polar surface area (TPSA) is 92.7 Å². The quantitative estimate of drug-likeness (QED) is 0.0584. The van der Waals surface area contributed by atoms with Crippen LogP contribution in [0.2, 0.25) is 0 Å². The van der Waals surface area contributed by atoms with Gasteiger partial charge in [0.05, 0.1) is 30.8 Å². The smallest absolute Gasteiger partial charge is 0.150 e. The van der Waals surface area contributed by atoms with E-state index < -0.39 is 11.9 Å². The molecule has 0 radical (unpaired) electrons. The van der Waals surface area contributed by atoms with Crippen LogP contribution in [0.1, 0.15) is 51.2 Å². The summed E-state index contributed by atoms with van der Waals surface area (Å²) in [7, 11) is 6.84. The van der Waals surface area contributed by atoms with Crippen LogP contribution < -0.4 is 50.8 Å². The van der Waals surface area contributed by atoms with E-state index in [2.05, 4.69) is 197 Å². The first-order valence-corrected chi connectivity index (χ1v) is 38.8. The summed E-state index contributed by atoms with van der Waals surface area (Å²) in [6, 6.07) is 101. The number of methoxy groups -OCH3 is 4. The SMILES string of the molecule is C.COc1cc(/C=C/c2ccnc3ccccc23)c(OC)cc1/C=C/c1ccnc2ccccc12.COc1cc(CP(Cl)(c2ccccc2)(c2ccccc2)c2ccccc2)c(OC)cc1CP(Cl)(c1ccccc1)(c1ccccc1)c1ccccc1.O=Cc1ccnc2ccccc12. The van der Waals surface area contributed by atoms with Gasteiger partial charge in [0.2, 0.25) is 0 Å². The number of halogens is 2. The molecule has 0 aliphatic carbocycles. The van der Waals surface area contributed by atoms with Gasteiger partial charge < -0.3 is 9.47 Å². The minimum absolute atomic E-state index is 0. The summed E-state index contributed by atoms with van der Waals surface area (Å²) in [5.41, 5.74) is 9.49. The number of aromatic nitrogens is 3. The molecule has 8 nitrogen and oxygen atoms in total. The Labute approximate surface area is 590 Å². The van der Waals surface area contributed by atoms with Gasteiger partial charge in [-0.1, -0.05) is 86.3 Å². The van der Waals surface area contributed by atoms with Gasteiger partial charge in [-0.15, -0.1) is 0 Å². The normalized spacial score (nSPS) is 12.1. The maximum atomic E-state index is 10.6. The van der Waals surface area contributed by atoms with Crippen molar-refractivity contribution >= 4 is 130 Å². The average molecular weight is 1380 g/mol. The molecule has 0 saturated carbocycles. The fourth-order valence-corrected chi connectivity index (χ4v) is 25.3. The van der Waals surface area contributed by atoms with Crippen molar-refractivity contribution in [2.75, 3.05) is 28.4 Å². The van der Waals surface area contributed by atoms with E-state index in [0.717, 1.165) is 127 Å². The molecule has 14 aromatic rings. The van der Waals surface area contributed by atoms with Gasteiger partial charge in [-0.2, -0.15) is 0 Å². The molecule has 0 N–H and O–H groups in total.